The fraction of sp³-hybridized carbons (Fsp3) is 0.0909. The molecule has 0 fully saturated rings. The van der Waals surface area contributed by atoms with Crippen LogP contribution in [0.2, 0.25) is 0 Å². The van der Waals surface area contributed by atoms with Gasteiger partial charge in [0.15, 0.2) is 0 Å². The molecule has 0 aliphatic rings. The molecule has 0 heterocycles. The Labute approximate surface area is 175 Å². The maximum Gasteiger partial charge on any atom is 0.271 e. The highest BCUT2D eigenvalue weighted by Crippen LogP contribution is 2.20. The third-order valence-electron chi connectivity index (χ3n) is 4.21. The number of benzene rings is 3. The minimum atomic E-state index is -3.87. The molecule has 7 nitrogen and oxygen atoms in total. The molecule has 0 spiro atoms. The lowest BCUT2D eigenvalue weighted by atomic mass is 10.2. The van der Waals surface area contributed by atoms with Gasteiger partial charge in [0.25, 0.3) is 15.9 Å². The van der Waals surface area contributed by atoms with Crippen LogP contribution in [0, 0.1) is 6.92 Å². The smallest absolute Gasteiger partial charge is 0.271 e. The molecule has 0 aliphatic heterocycles. The Bertz CT molecular complexity index is 1160. The Morgan fingerprint density at radius 3 is 2.37 bits per heavy atom. The summed E-state index contributed by atoms with van der Waals surface area (Å²) in [6, 6.07) is 19.8. The van der Waals surface area contributed by atoms with Crippen LogP contribution in [0.3, 0.4) is 0 Å². The highest BCUT2D eigenvalue weighted by molar-refractivity contribution is 7.92. The van der Waals surface area contributed by atoms with Crippen molar-refractivity contribution in [1.29, 1.82) is 0 Å². The third kappa shape index (κ3) is 5.45. The summed E-state index contributed by atoms with van der Waals surface area (Å²) in [6.45, 7) is 1.98. The van der Waals surface area contributed by atoms with Crippen LogP contribution in [0.15, 0.2) is 82.8 Å². The molecule has 0 saturated heterocycles. The number of ether oxygens (including phenoxy) is 1. The van der Waals surface area contributed by atoms with E-state index in [9.17, 15) is 13.2 Å². The largest absolute Gasteiger partial charge is 0.497 e. The average molecular weight is 423 g/mol. The van der Waals surface area contributed by atoms with Crippen LogP contribution in [0.4, 0.5) is 5.69 Å². The molecule has 0 aromatic heterocycles. The van der Waals surface area contributed by atoms with Crippen LogP contribution in [-0.2, 0) is 10.0 Å². The van der Waals surface area contributed by atoms with E-state index in [0.29, 0.717) is 11.4 Å². The Kier molecular flexibility index (Phi) is 6.48. The first-order chi connectivity index (χ1) is 14.4. The predicted octanol–water partition coefficient (Wildman–Crippen LogP) is 3.57. The molecule has 0 atom stereocenters. The van der Waals surface area contributed by atoms with E-state index in [1.807, 2.05) is 31.2 Å². The fourth-order valence-corrected chi connectivity index (χ4v) is 3.66. The number of anilines is 1. The highest BCUT2D eigenvalue weighted by Gasteiger charge is 2.16. The summed E-state index contributed by atoms with van der Waals surface area (Å²) in [4.78, 5) is 12.3. The summed E-state index contributed by atoms with van der Waals surface area (Å²) >= 11 is 0. The molecule has 1 amide bonds. The van der Waals surface area contributed by atoms with Gasteiger partial charge in [-0.15, -0.1) is 0 Å². The second-order valence-electron chi connectivity index (χ2n) is 6.47. The van der Waals surface area contributed by atoms with Crippen molar-refractivity contribution in [3.8, 4) is 5.75 Å². The van der Waals surface area contributed by atoms with Crippen LogP contribution < -0.4 is 14.9 Å². The maximum absolute atomic E-state index is 12.7. The molecule has 0 saturated carbocycles. The van der Waals surface area contributed by atoms with Gasteiger partial charge in [0.05, 0.1) is 18.2 Å². The zero-order chi connectivity index (χ0) is 21.6. The van der Waals surface area contributed by atoms with Crippen molar-refractivity contribution in [2.45, 2.75) is 11.8 Å². The van der Waals surface area contributed by atoms with Gasteiger partial charge in [-0.2, -0.15) is 5.10 Å². The Morgan fingerprint density at radius 1 is 1.00 bits per heavy atom. The second-order valence-corrected chi connectivity index (χ2v) is 8.15. The van der Waals surface area contributed by atoms with Crippen molar-refractivity contribution < 1.29 is 17.9 Å². The number of hydrazone groups is 1. The molecule has 2 N–H and O–H groups in total. The van der Waals surface area contributed by atoms with Gasteiger partial charge < -0.3 is 4.74 Å². The number of sulfonamides is 1. The van der Waals surface area contributed by atoms with Crippen molar-refractivity contribution in [1.82, 2.24) is 5.43 Å². The zero-order valence-electron chi connectivity index (χ0n) is 16.5. The molecular weight excluding hydrogens is 402 g/mol. The van der Waals surface area contributed by atoms with E-state index in [1.165, 1.54) is 37.6 Å². The van der Waals surface area contributed by atoms with Gasteiger partial charge in [-0.3, -0.25) is 9.52 Å². The van der Waals surface area contributed by atoms with Gasteiger partial charge in [-0.25, -0.2) is 13.8 Å². The lowest BCUT2D eigenvalue weighted by molar-refractivity contribution is 0.0955. The number of carbonyl (C=O) groups excluding carboxylic acids is 1. The van der Waals surface area contributed by atoms with Gasteiger partial charge in [-0.05, 0) is 55.0 Å². The number of methoxy groups -OCH3 is 1. The molecule has 154 valence electrons. The Morgan fingerprint density at radius 2 is 1.70 bits per heavy atom. The van der Waals surface area contributed by atoms with Gasteiger partial charge in [-0.1, -0.05) is 35.9 Å². The van der Waals surface area contributed by atoms with Crippen molar-refractivity contribution in [2.75, 3.05) is 11.8 Å². The van der Waals surface area contributed by atoms with E-state index in [-0.39, 0.29) is 10.5 Å². The Hall–Kier alpha value is -3.65. The van der Waals surface area contributed by atoms with Crippen LogP contribution in [0.5, 0.6) is 5.75 Å². The first-order valence-electron chi connectivity index (χ1n) is 9.04. The van der Waals surface area contributed by atoms with Gasteiger partial charge >= 0.3 is 0 Å². The molecule has 3 aromatic carbocycles. The number of nitrogens with one attached hydrogen (secondary N) is 2. The first-order valence-corrected chi connectivity index (χ1v) is 10.5. The number of nitrogens with zero attached hydrogens (tertiary/aromatic N) is 1. The first kappa shape index (κ1) is 21.1. The predicted molar refractivity (Wildman–Crippen MR) is 116 cm³/mol. The zero-order valence-corrected chi connectivity index (χ0v) is 17.3. The fourth-order valence-electron chi connectivity index (χ4n) is 2.56. The molecule has 0 bridgehead atoms. The van der Waals surface area contributed by atoms with Crippen molar-refractivity contribution in [3.05, 3.63) is 89.5 Å². The van der Waals surface area contributed by atoms with Crippen molar-refractivity contribution in [2.24, 2.45) is 5.10 Å². The number of carbonyl (C=O) groups is 1. The normalized spacial score (nSPS) is 11.3. The summed E-state index contributed by atoms with van der Waals surface area (Å²) in [5, 5.41) is 3.92. The summed E-state index contributed by atoms with van der Waals surface area (Å²) in [6.07, 6.45) is 1.52. The van der Waals surface area contributed by atoms with Gasteiger partial charge in [0, 0.05) is 11.3 Å². The molecule has 30 heavy (non-hydrogen) atoms. The summed E-state index contributed by atoms with van der Waals surface area (Å²) in [5.74, 6) is 0.0997. The third-order valence-corrected chi connectivity index (χ3v) is 5.58. The minimum absolute atomic E-state index is 0.0338. The molecule has 3 aromatic rings. The second kappa shape index (κ2) is 9.23. The maximum atomic E-state index is 12.7. The number of amides is 1. The lowest BCUT2D eigenvalue weighted by Crippen LogP contribution is -2.19. The number of rotatable bonds is 7. The van der Waals surface area contributed by atoms with Crippen molar-refractivity contribution in [3.63, 3.8) is 0 Å². The molecular formula is C22H21N3O4S. The standard InChI is InChI=1S/C22H21N3O4S/c1-16-6-8-17(9-7-16)15-23-24-22(26)18-4-3-5-21(14-18)30(27,28)25-19-10-12-20(29-2)13-11-19/h3-15,25H,1-2H3,(H,24,26)/b23-15+. The van der Waals surface area contributed by atoms with E-state index in [0.717, 1.165) is 11.1 Å². The van der Waals surface area contributed by atoms with Crippen LogP contribution in [-0.4, -0.2) is 27.6 Å². The highest BCUT2D eigenvalue weighted by atomic mass is 32.2. The lowest BCUT2D eigenvalue weighted by Gasteiger charge is -2.09. The monoisotopic (exact) mass is 423 g/mol. The molecule has 0 aliphatic carbocycles. The van der Waals surface area contributed by atoms with E-state index in [4.69, 9.17) is 4.74 Å². The van der Waals surface area contributed by atoms with Gasteiger partial charge in [0.1, 0.15) is 5.75 Å². The molecule has 0 radical (unpaired) electrons. The number of hydrogen-bond donors (Lipinski definition) is 2. The molecule has 0 unspecified atom stereocenters. The van der Waals surface area contributed by atoms with Crippen LogP contribution in [0.25, 0.3) is 0 Å². The number of hydrogen-bond acceptors (Lipinski definition) is 5. The minimum Gasteiger partial charge on any atom is -0.497 e. The van der Waals surface area contributed by atoms with Crippen molar-refractivity contribution >= 4 is 27.8 Å². The summed E-state index contributed by atoms with van der Waals surface area (Å²) in [5.41, 5.74) is 4.92. The summed E-state index contributed by atoms with van der Waals surface area (Å²) in [7, 11) is -2.34. The van der Waals surface area contributed by atoms with E-state index in [1.54, 1.807) is 24.3 Å². The van der Waals surface area contributed by atoms with E-state index < -0.39 is 15.9 Å². The number of aryl methyl sites for hydroxylation is 1. The SMILES string of the molecule is COc1ccc(NS(=O)(=O)c2cccc(C(=O)N/N=C/c3ccc(C)cc3)c2)cc1. The quantitative estimate of drug-likeness (QED) is 0.448. The van der Waals surface area contributed by atoms with E-state index in [2.05, 4.69) is 15.2 Å². The topological polar surface area (TPSA) is 96.9 Å². The summed E-state index contributed by atoms with van der Waals surface area (Å²) < 4.78 is 32.8. The Balaban J connectivity index is 1.70. The molecule has 3 rings (SSSR count). The van der Waals surface area contributed by atoms with E-state index >= 15 is 0 Å². The van der Waals surface area contributed by atoms with Crippen LogP contribution in [0.1, 0.15) is 21.5 Å². The van der Waals surface area contributed by atoms with Gasteiger partial charge in [0.2, 0.25) is 0 Å². The average Bonchev–Trinajstić information content (AvgIpc) is 2.75. The molecule has 8 heteroatoms. The van der Waals surface area contributed by atoms with Crippen LogP contribution >= 0.6 is 0 Å².